The molecule has 116 valence electrons. The van der Waals surface area contributed by atoms with E-state index in [-0.39, 0.29) is 5.91 Å². The molecule has 0 aromatic heterocycles. The zero-order chi connectivity index (χ0) is 15.8. The molecule has 0 aliphatic heterocycles. The molecule has 4 heteroatoms. The number of anilines is 2. The van der Waals surface area contributed by atoms with Gasteiger partial charge in [0.15, 0.2) is 0 Å². The molecule has 0 bridgehead atoms. The third-order valence-corrected chi connectivity index (χ3v) is 4.38. The Bertz CT molecular complexity index is 597. The van der Waals surface area contributed by atoms with Crippen LogP contribution < -0.4 is 10.2 Å². The molecule has 2 aromatic rings. The molecule has 1 N–H and O–H groups in total. The number of hydrogen-bond donors (Lipinski definition) is 1. The van der Waals surface area contributed by atoms with Crippen LogP contribution in [0.5, 0.6) is 0 Å². The van der Waals surface area contributed by atoms with Crippen molar-refractivity contribution in [3.63, 3.8) is 0 Å². The summed E-state index contributed by atoms with van der Waals surface area (Å²) in [4.78, 5) is 15.4. The second-order valence-corrected chi connectivity index (χ2v) is 5.92. The minimum atomic E-state index is 0.0190. The Balaban J connectivity index is 1.92. The van der Waals surface area contributed by atoms with E-state index in [4.69, 9.17) is 0 Å². The normalized spacial score (nSPS) is 10.3. The summed E-state index contributed by atoms with van der Waals surface area (Å²) in [6.07, 6.45) is 0. The van der Waals surface area contributed by atoms with Gasteiger partial charge in [0.05, 0.1) is 5.75 Å². The van der Waals surface area contributed by atoms with Crippen LogP contribution in [0.1, 0.15) is 13.8 Å². The maximum atomic E-state index is 12.1. The molecule has 1 amide bonds. The van der Waals surface area contributed by atoms with E-state index >= 15 is 0 Å². The highest BCUT2D eigenvalue weighted by molar-refractivity contribution is 8.00. The lowest BCUT2D eigenvalue weighted by molar-refractivity contribution is -0.113. The Labute approximate surface area is 136 Å². The Morgan fingerprint density at radius 3 is 2.45 bits per heavy atom. The van der Waals surface area contributed by atoms with E-state index in [1.54, 1.807) is 11.8 Å². The van der Waals surface area contributed by atoms with Gasteiger partial charge in [-0.3, -0.25) is 4.79 Å². The van der Waals surface area contributed by atoms with E-state index in [0.29, 0.717) is 5.75 Å². The van der Waals surface area contributed by atoms with Crippen molar-refractivity contribution >= 4 is 29.0 Å². The van der Waals surface area contributed by atoms with E-state index in [0.717, 1.165) is 29.4 Å². The summed E-state index contributed by atoms with van der Waals surface area (Å²) < 4.78 is 0. The largest absolute Gasteiger partial charge is 0.372 e. The molecule has 0 radical (unpaired) electrons. The third-order valence-electron chi connectivity index (χ3n) is 3.37. The number of carbonyl (C=O) groups excluding carboxylic acids is 1. The van der Waals surface area contributed by atoms with Crippen LogP contribution in [-0.2, 0) is 4.79 Å². The van der Waals surface area contributed by atoms with Gasteiger partial charge in [0.1, 0.15) is 0 Å². The molecule has 3 nitrogen and oxygen atoms in total. The van der Waals surface area contributed by atoms with Gasteiger partial charge in [0, 0.05) is 29.4 Å². The maximum absolute atomic E-state index is 12.1. The summed E-state index contributed by atoms with van der Waals surface area (Å²) in [5.41, 5.74) is 1.99. The van der Waals surface area contributed by atoms with Crippen molar-refractivity contribution in [2.45, 2.75) is 18.7 Å². The third kappa shape index (κ3) is 4.81. The van der Waals surface area contributed by atoms with E-state index in [9.17, 15) is 4.79 Å². The van der Waals surface area contributed by atoms with E-state index in [2.05, 4.69) is 30.1 Å². The van der Waals surface area contributed by atoms with Gasteiger partial charge in [-0.2, -0.15) is 0 Å². The van der Waals surface area contributed by atoms with Gasteiger partial charge in [0.25, 0.3) is 0 Å². The van der Waals surface area contributed by atoms with Crippen LogP contribution in [0.4, 0.5) is 11.4 Å². The van der Waals surface area contributed by atoms with E-state index in [1.807, 2.05) is 48.5 Å². The van der Waals surface area contributed by atoms with Crippen molar-refractivity contribution in [1.82, 2.24) is 0 Å². The molecule has 0 aliphatic rings. The van der Waals surface area contributed by atoms with E-state index in [1.165, 1.54) is 0 Å². The first-order valence-corrected chi connectivity index (χ1v) is 8.54. The molecule has 0 atom stereocenters. The second kappa shape index (κ2) is 8.49. The molecule has 2 rings (SSSR count). The number of nitrogens with one attached hydrogen (secondary N) is 1. The predicted molar refractivity (Wildman–Crippen MR) is 95.8 cm³/mol. The monoisotopic (exact) mass is 314 g/mol. The molecule has 0 unspecified atom stereocenters. The summed E-state index contributed by atoms with van der Waals surface area (Å²) >= 11 is 1.54. The lowest BCUT2D eigenvalue weighted by atomic mass is 10.2. The molecule has 0 saturated heterocycles. The number of rotatable bonds is 7. The Morgan fingerprint density at radius 1 is 1.05 bits per heavy atom. The molecule has 0 fully saturated rings. The van der Waals surface area contributed by atoms with Gasteiger partial charge in [-0.1, -0.05) is 24.3 Å². The summed E-state index contributed by atoms with van der Waals surface area (Å²) in [6, 6.07) is 18.0. The molecule has 0 saturated carbocycles. The Kier molecular flexibility index (Phi) is 6.34. The van der Waals surface area contributed by atoms with E-state index < -0.39 is 0 Å². The SMILES string of the molecule is CCN(CC)c1cccc(NC(=O)CSc2ccccc2)c1. The zero-order valence-corrected chi connectivity index (χ0v) is 13.9. The second-order valence-electron chi connectivity index (χ2n) is 4.87. The van der Waals surface area contributed by atoms with Gasteiger partial charge in [-0.25, -0.2) is 0 Å². The fraction of sp³-hybridized carbons (Fsp3) is 0.278. The minimum absolute atomic E-state index is 0.0190. The summed E-state index contributed by atoms with van der Waals surface area (Å²) in [5, 5.41) is 2.97. The number of nitrogens with zero attached hydrogens (tertiary/aromatic N) is 1. The summed E-state index contributed by atoms with van der Waals surface area (Å²) in [6.45, 7) is 6.17. The minimum Gasteiger partial charge on any atom is -0.372 e. The highest BCUT2D eigenvalue weighted by atomic mass is 32.2. The number of carbonyl (C=O) groups is 1. The molecular formula is C18H22N2OS. The quantitative estimate of drug-likeness (QED) is 0.775. The smallest absolute Gasteiger partial charge is 0.234 e. The molecule has 2 aromatic carbocycles. The molecule has 0 aliphatic carbocycles. The van der Waals surface area contributed by atoms with Crippen LogP contribution >= 0.6 is 11.8 Å². The summed E-state index contributed by atoms with van der Waals surface area (Å²) in [5.74, 6) is 0.435. The van der Waals surface area contributed by atoms with Gasteiger partial charge >= 0.3 is 0 Å². The fourth-order valence-corrected chi connectivity index (χ4v) is 2.95. The first-order chi connectivity index (χ1) is 10.7. The zero-order valence-electron chi connectivity index (χ0n) is 13.1. The van der Waals surface area contributed by atoms with Crippen molar-refractivity contribution in [1.29, 1.82) is 0 Å². The van der Waals surface area contributed by atoms with Crippen LogP contribution in [-0.4, -0.2) is 24.7 Å². The topological polar surface area (TPSA) is 32.3 Å². The van der Waals surface area contributed by atoms with Crippen molar-refractivity contribution in [3.05, 3.63) is 54.6 Å². The maximum Gasteiger partial charge on any atom is 0.234 e. The van der Waals surface area contributed by atoms with Crippen molar-refractivity contribution in [2.24, 2.45) is 0 Å². The Morgan fingerprint density at radius 2 is 1.77 bits per heavy atom. The van der Waals surface area contributed by atoms with Crippen molar-refractivity contribution in [2.75, 3.05) is 29.1 Å². The average molecular weight is 314 g/mol. The number of amides is 1. The van der Waals surface area contributed by atoms with Crippen LogP contribution in [0.2, 0.25) is 0 Å². The number of hydrogen-bond acceptors (Lipinski definition) is 3. The molecule has 22 heavy (non-hydrogen) atoms. The molecule has 0 heterocycles. The van der Waals surface area contributed by atoms with Crippen LogP contribution in [0, 0.1) is 0 Å². The van der Waals surface area contributed by atoms with Gasteiger partial charge in [-0.05, 0) is 44.2 Å². The summed E-state index contributed by atoms with van der Waals surface area (Å²) in [7, 11) is 0. The lowest BCUT2D eigenvalue weighted by Crippen LogP contribution is -2.22. The highest BCUT2D eigenvalue weighted by Crippen LogP contribution is 2.21. The standard InChI is InChI=1S/C18H22N2OS/c1-3-20(4-2)16-10-8-9-15(13-16)19-18(21)14-22-17-11-6-5-7-12-17/h5-13H,3-4,14H2,1-2H3,(H,19,21). The highest BCUT2D eigenvalue weighted by Gasteiger charge is 2.06. The first-order valence-electron chi connectivity index (χ1n) is 7.55. The van der Waals surface area contributed by atoms with Crippen LogP contribution in [0.3, 0.4) is 0 Å². The first kappa shape index (κ1) is 16.4. The molecular weight excluding hydrogens is 292 g/mol. The Hall–Kier alpha value is -1.94. The van der Waals surface area contributed by atoms with Crippen molar-refractivity contribution in [3.8, 4) is 0 Å². The molecule has 0 spiro atoms. The fourth-order valence-electron chi connectivity index (χ4n) is 2.23. The van der Waals surface area contributed by atoms with Gasteiger partial charge in [-0.15, -0.1) is 11.8 Å². The van der Waals surface area contributed by atoms with Gasteiger partial charge < -0.3 is 10.2 Å². The predicted octanol–water partition coefficient (Wildman–Crippen LogP) is 4.26. The lowest BCUT2D eigenvalue weighted by Gasteiger charge is -2.21. The number of thioether (sulfide) groups is 1. The van der Waals surface area contributed by atoms with Crippen molar-refractivity contribution < 1.29 is 4.79 Å². The van der Waals surface area contributed by atoms with Gasteiger partial charge in [0.2, 0.25) is 5.91 Å². The number of benzene rings is 2. The van der Waals surface area contributed by atoms with Crippen LogP contribution in [0.25, 0.3) is 0 Å². The average Bonchev–Trinajstić information content (AvgIpc) is 2.55. The van der Waals surface area contributed by atoms with Crippen LogP contribution in [0.15, 0.2) is 59.5 Å².